The summed E-state index contributed by atoms with van der Waals surface area (Å²) >= 11 is 6.27. The van der Waals surface area contributed by atoms with Crippen LogP contribution in [0.5, 0.6) is 17.2 Å². The molecule has 164 valence electrons. The molecule has 1 heterocycles. The number of ether oxygens (including phenoxy) is 3. The molecule has 0 aromatic heterocycles. The molecule has 0 saturated carbocycles. The molecule has 0 spiro atoms. The molecule has 0 unspecified atom stereocenters. The Kier molecular flexibility index (Phi) is 7.41. The van der Waals surface area contributed by atoms with E-state index in [1.807, 2.05) is 6.92 Å². The third-order valence-corrected chi connectivity index (χ3v) is 5.06. The molecule has 1 N–H and O–H groups in total. The zero-order valence-electron chi connectivity index (χ0n) is 17.7. The van der Waals surface area contributed by atoms with Crippen LogP contribution in [0.4, 0.5) is 11.4 Å². The lowest BCUT2D eigenvalue weighted by Gasteiger charge is -2.19. The number of halogens is 1. The standard InChI is InChI=1S/C23H25ClN2O5/c1-4-31-23-17(24)12-15(13-20(23)30-3)7-10-21(27)25-16-8-9-18(19(14-16)29-2)26-11-5-6-22(26)28/h7-10,12-14H,4-6,11H2,1-3H3,(H,25,27)/b10-7+. The number of nitrogens with zero attached hydrogens (tertiary/aromatic N) is 1. The monoisotopic (exact) mass is 444 g/mol. The van der Waals surface area contributed by atoms with Gasteiger partial charge < -0.3 is 24.4 Å². The normalized spacial score (nSPS) is 13.5. The van der Waals surface area contributed by atoms with Crippen LogP contribution in [0, 0.1) is 0 Å². The lowest BCUT2D eigenvalue weighted by atomic mass is 10.2. The van der Waals surface area contributed by atoms with Crippen molar-refractivity contribution < 1.29 is 23.8 Å². The van der Waals surface area contributed by atoms with Gasteiger partial charge in [0.05, 0.1) is 31.5 Å². The fraction of sp³-hybridized carbons (Fsp3) is 0.304. The molecule has 1 aliphatic rings. The van der Waals surface area contributed by atoms with E-state index >= 15 is 0 Å². The Balaban J connectivity index is 1.72. The van der Waals surface area contributed by atoms with Crippen molar-refractivity contribution >= 4 is 40.9 Å². The summed E-state index contributed by atoms with van der Waals surface area (Å²) in [6.45, 7) is 2.98. The van der Waals surface area contributed by atoms with Gasteiger partial charge in [0, 0.05) is 30.8 Å². The van der Waals surface area contributed by atoms with Crippen LogP contribution in [-0.2, 0) is 9.59 Å². The number of hydrogen-bond acceptors (Lipinski definition) is 5. The predicted octanol–water partition coefficient (Wildman–Crippen LogP) is 4.53. The molecule has 1 saturated heterocycles. The van der Waals surface area contributed by atoms with Crippen LogP contribution in [0.15, 0.2) is 36.4 Å². The first kappa shape index (κ1) is 22.5. The second-order valence-corrected chi connectivity index (χ2v) is 7.23. The van der Waals surface area contributed by atoms with Gasteiger partial charge in [0.1, 0.15) is 5.75 Å². The van der Waals surface area contributed by atoms with Crippen molar-refractivity contribution in [2.45, 2.75) is 19.8 Å². The minimum Gasteiger partial charge on any atom is -0.494 e. The Labute approximate surface area is 186 Å². The van der Waals surface area contributed by atoms with Gasteiger partial charge in [-0.2, -0.15) is 0 Å². The zero-order chi connectivity index (χ0) is 22.4. The van der Waals surface area contributed by atoms with Crippen LogP contribution >= 0.6 is 11.6 Å². The van der Waals surface area contributed by atoms with Crippen molar-refractivity contribution in [1.82, 2.24) is 0 Å². The summed E-state index contributed by atoms with van der Waals surface area (Å²) in [6.07, 6.45) is 4.39. The van der Waals surface area contributed by atoms with Crippen LogP contribution < -0.4 is 24.4 Å². The fourth-order valence-corrected chi connectivity index (χ4v) is 3.63. The number of nitrogens with one attached hydrogen (secondary N) is 1. The summed E-state index contributed by atoms with van der Waals surface area (Å²) in [5.74, 6) is 1.24. The van der Waals surface area contributed by atoms with E-state index in [-0.39, 0.29) is 11.8 Å². The zero-order valence-corrected chi connectivity index (χ0v) is 18.5. The van der Waals surface area contributed by atoms with Crippen LogP contribution in [0.2, 0.25) is 5.02 Å². The minimum atomic E-state index is -0.323. The molecule has 3 rings (SSSR count). The molecule has 2 amide bonds. The first-order valence-electron chi connectivity index (χ1n) is 9.94. The molecule has 8 heteroatoms. The second kappa shape index (κ2) is 10.2. The van der Waals surface area contributed by atoms with Crippen molar-refractivity contribution in [3.63, 3.8) is 0 Å². The van der Waals surface area contributed by atoms with E-state index in [9.17, 15) is 9.59 Å². The quantitative estimate of drug-likeness (QED) is 0.605. The molecule has 1 aliphatic heterocycles. The van der Waals surface area contributed by atoms with E-state index in [0.717, 1.165) is 6.42 Å². The van der Waals surface area contributed by atoms with Crippen molar-refractivity contribution in [2.24, 2.45) is 0 Å². The van der Waals surface area contributed by atoms with E-state index in [1.165, 1.54) is 20.3 Å². The highest BCUT2D eigenvalue weighted by atomic mass is 35.5. The summed E-state index contributed by atoms with van der Waals surface area (Å²) in [4.78, 5) is 26.1. The number of amides is 2. The molecule has 7 nitrogen and oxygen atoms in total. The van der Waals surface area contributed by atoms with Gasteiger partial charge in [-0.1, -0.05) is 11.6 Å². The molecule has 31 heavy (non-hydrogen) atoms. The Morgan fingerprint density at radius 2 is 1.97 bits per heavy atom. The Morgan fingerprint density at radius 3 is 2.61 bits per heavy atom. The van der Waals surface area contributed by atoms with Gasteiger partial charge in [-0.05, 0) is 49.2 Å². The maximum Gasteiger partial charge on any atom is 0.248 e. The Bertz CT molecular complexity index is 1010. The SMILES string of the molecule is CCOc1c(Cl)cc(/C=C/C(=O)Nc2ccc(N3CCCC3=O)c(OC)c2)cc1OC. The molecule has 2 aromatic rings. The average molecular weight is 445 g/mol. The van der Waals surface area contributed by atoms with Crippen LogP contribution in [0.25, 0.3) is 6.08 Å². The van der Waals surface area contributed by atoms with E-state index in [4.69, 9.17) is 25.8 Å². The number of methoxy groups -OCH3 is 2. The summed E-state index contributed by atoms with van der Waals surface area (Å²) in [5, 5.41) is 3.19. The maximum absolute atomic E-state index is 12.4. The lowest BCUT2D eigenvalue weighted by molar-refractivity contribution is -0.117. The topological polar surface area (TPSA) is 77.1 Å². The van der Waals surface area contributed by atoms with E-state index in [1.54, 1.807) is 41.3 Å². The molecule has 0 bridgehead atoms. The molecule has 0 aliphatic carbocycles. The van der Waals surface area contributed by atoms with Gasteiger partial charge in [0.15, 0.2) is 11.5 Å². The largest absolute Gasteiger partial charge is 0.494 e. The van der Waals surface area contributed by atoms with E-state index in [2.05, 4.69) is 5.32 Å². The van der Waals surface area contributed by atoms with Gasteiger partial charge in [-0.25, -0.2) is 0 Å². The number of anilines is 2. The van der Waals surface area contributed by atoms with Crippen molar-refractivity contribution in [3.8, 4) is 17.2 Å². The fourth-order valence-electron chi connectivity index (χ4n) is 3.36. The van der Waals surface area contributed by atoms with Crippen molar-refractivity contribution in [2.75, 3.05) is 37.6 Å². The summed E-state index contributed by atoms with van der Waals surface area (Å²) < 4.78 is 16.2. The first-order chi connectivity index (χ1) is 15.0. The van der Waals surface area contributed by atoms with Gasteiger partial charge >= 0.3 is 0 Å². The first-order valence-corrected chi connectivity index (χ1v) is 10.3. The van der Waals surface area contributed by atoms with Crippen LogP contribution in [0.1, 0.15) is 25.3 Å². The summed E-state index contributed by atoms with van der Waals surface area (Å²) in [7, 11) is 3.06. The van der Waals surface area contributed by atoms with Crippen LogP contribution in [-0.4, -0.2) is 39.2 Å². The van der Waals surface area contributed by atoms with Crippen molar-refractivity contribution in [1.29, 1.82) is 0 Å². The molecule has 1 fully saturated rings. The van der Waals surface area contributed by atoms with Gasteiger partial charge in [-0.3, -0.25) is 9.59 Å². The minimum absolute atomic E-state index is 0.0717. The number of hydrogen-bond donors (Lipinski definition) is 1. The number of carbonyl (C=O) groups is 2. The Morgan fingerprint density at radius 1 is 1.19 bits per heavy atom. The highest BCUT2D eigenvalue weighted by molar-refractivity contribution is 6.32. The third-order valence-electron chi connectivity index (χ3n) is 4.78. The van der Waals surface area contributed by atoms with Crippen LogP contribution in [0.3, 0.4) is 0 Å². The summed E-state index contributed by atoms with van der Waals surface area (Å²) in [6, 6.07) is 8.66. The number of benzene rings is 2. The molecular formula is C23H25ClN2O5. The second-order valence-electron chi connectivity index (χ2n) is 6.83. The third kappa shape index (κ3) is 5.30. The van der Waals surface area contributed by atoms with E-state index < -0.39 is 0 Å². The maximum atomic E-state index is 12.4. The summed E-state index contributed by atoms with van der Waals surface area (Å²) in [5.41, 5.74) is 1.96. The Hall–Kier alpha value is -3.19. The predicted molar refractivity (Wildman–Crippen MR) is 121 cm³/mol. The molecule has 2 aromatic carbocycles. The number of rotatable bonds is 8. The highest BCUT2D eigenvalue weighted by Gasteiger charge is 2.24. The van der Waals surface area contributed by atoms with Gasteiger partial charge in [-0.15, -0.1) is 0 Å². The van der Waals surface area contributed by atoms with E-state index in [0.29, 0.717) is 58.8 Å². The van der Waals surface area contributed by atoms with Gasteiger partial charge in [0.2, 0.25) is 11.8 Å². The van der Waals surface area contributed by atoms with Gasteiger partial charge in [0.25, 0.3) is 0 Å². The lowest BCUT2D eigenvalue weighted by Crippen LogP contribution is -2.24. The van der Waals surface area contributed by atoms with Crippen molar-refractivity contribution in [3.05, 3.63) is 47.0 Å². The highest BCUT2D eigenvalue weighted by Crippen LogP contribution is 2.37. The molecular weight excluding hydrogens is 420 g/mol. The number of carbonyl (C=O) groups excluding carboxylic acids is 2. The smallest absolute Gasteiger partial charge is 0.248 e. The average Bonchev–Trinajstić information content (AvgIpc) is 3.19. The molecule has 0 atom stereocenters. The molecule has 0 radical (unpaired) electrons.